The number of hydrogen-bond acceptors (Lipinski definition) is 7. The molecule has 1 N–H and O–H groups in total. The molecule has 3 rings (SSSR count). The molecule has 1 aromatic carbocycles. The summed E-state index contributed by atoms with van der Waals surface area (Å²) in [6.45, 7) is 1.95. The van der Waals surface area contributed by atoms with E-state index < -0.39 is 10.0 Å². The van der Waals surface area contributed by atoms with Crippen LogP contribution in [0.2, 0.25) is 0 Å². The summed E-state index contributed by atoms with van der Waals surface area (Å²) >= 11 is 1.37. The van der Waals surface area contributed by atoms with Gasteiger partial charge in [-0.3, -0.25) is 0 Å². The third-order valence-electron chi connectivity index (χ3n) is 3.65. The van der Waals surface area contributed by atoms with Gasteiger partial charge in [0.25, 0.3) is 0 Å². The van der Waals surface area contributed by atoms with Gasteiger partial charge in [-0.25, -0.2) is 18.1 Å². The van der Waals surface area contributed by atoms with Gasteiger partial charge in [0.2, 0.25) is 10.0 Å². The van der Waals surface area contributed by atoms with E-state index >= 15 is 0 Å². The summed E-state index contributed by atoms with van der Waals surface area (Å²) in [7, 11) is 0.144. The molecule has 9 heteroatoms. The highest BCUT2D eigenvalue weighted by molar-refractivity contribution is 7.89. The van der Waals surface area contributed by atoms with E-state index in [-0.39, 0.29) is 11.4 Å². The van der Waals surface area contributed by atoms with Gasteiger partial charge in [-0.15, -0.1) is 21.5 Å². The summed E-state index contributed by atoms with van der Waals surface area (Å²) in [5.41, 5.74) is 1.66. The second-order valence-corrected chi connectivity index (χ2v) is 8.87. The van der Waals surface area contributed by atoms with Crippen LogP contribution in [0.5, 0.6) is 0 Å². The number of rotatable bonds is 6. The number of nitrogens with one attached hydrogen (secondary N) is 1. The van der Waals surface area contributed by atoms with Gasteiger partial charge >= 0.3 is 0 Å². The fourth-order valence-corrected chi connectivity index (χ4v) is 4.23. The third kappa shape index (κ3) is 4.06. The standard InChI is InChI=1S/C17H19N5O2S2/c1-12-20-21-16(25-12)11-19-26(23,24)14-7-4-6-13(10-14)15-8-5-9-18-17(15)22(2)3/h4-10,19H,11H2,1-3H3. The predicted octanol–water partition coefficient (Wildman–Crippen LogP) is 2.45. The van der Waals surface area contributed by atoms with Crippen molar-refractivity contribution in [3.63, 3.8) is 0 Å². The van der Waals surface area contributed by atoms with Gasteiger partial charge < -0.3 is 4.90 Å². The van der Waals surface area contributed by atoms with E-state index in [2.05, 4.69) is 19.9 Å². The smallest absolute Gasteiger partial charge is 0.240 e. The Labute approximate surface area is 156 Å². The molecule has 0 fully saturated rings. The lowest BCUT2D eigenvalue weighted by Gasteiger charge is -2.16. The summed E-state index contributed by atoms with van der Waals surface area (Å²) < 4.78 is 27.8. The van der Waals surface area contributed by atoms with Gasteiger partial charge in [0.15, 0.2) is 0 Å². The summed E-state index contributed by atoms with van der Waals surface area (Å²) in [6, 6.07) is 10.6. The van der Waals surface area contributed by atoms with Gasteiger partial charge in [-0.1, -0.05) is 12.1 Å². The molecule has 0 amide bonds. The molecule has 2 heterocycles. The van der Waals surface area contributed by atoms with Crippen molar-refractivity contribution < 1.29 is 8.42 Å². The molecule has 0 unspecified atom stereocenters. The SMILES string of the molecule is Cc1nnc(CNS(=O)(=O)c2cccc(-c3cccnc3N(C)C)c2)s1. The zero-order valence-corrected chi connectivity index (χ0v) is 16.3. The Kier molecular flexibility index (Phi) is 5.30. The number of hydrogen-bond donors (Lipinski definition) is 1. The van der Waals surface area contributed by atoms with Crippen LogP contribution >= 0.6 is 11.3 Å². The Morgan fingerprint density at radius 1 is 1.15 bits per heavy atom. The number of nitrogens with zero attached hydrogens (tertiary/aromatic N) is 4. The van der Waals surface area contributed by atoms with E-state index in [0.29, 0.717) is 5.01 Å². The first kappa shape index (κ1) is 18.4. The van der Waals surface area contributed by atoms with E-state index in [1.54, 1.807) is 24.4 Å². The van der Waals surface area contributed by atoms with Crippen molar-refractivity contribution in [2.24, 2.45) is 0 Å². The first-order valence-electron chi connectivity index (χ1n) is 7.88. The van der Waals surface area contributed by atoms with Crippen LogP contribution in [0.1, 0.15) is 10.0 Å². The zero-order valence-electron chi connectivity index (χ0n) is 14.7. The Morgan fingerprint density at radius 2 is 1.96 bits per heavy atom. The van der Waals surface area contributed by atoms with Crippen molar-refractivity contribution in [1.29, 1.82) is 0 Å². The second-order valence-electron chi connectivity index (χ2n) is 5.84. The number of benzene rings is 1. The number of sulfonamides is 1. The monoisotopic (exact) mass is 389 g/mol. The van der Waals surface area contributed by atoms with Gasteiger partial charge in [-0.05, 0) is 36.8 Å². The van der Waals surface area contributed by atoms with Crippen molar-refractivity contribution in [2.45, 2.75) is 18.4 Å². The van der Waals surface area contributed by atoms with Crippen molar-refractivity contribution in [2.75, 3.05) is 19.0 Å². The molecule has 0 radical (unpaired) electrons. The molecule has 0 spiro atoms. The van der Waals surface area contributed by atoms with E-state index in [9.17, 15) is 8.42 Å². The highest BCUT2D eigenvalue weighted by atomic mass is 32.2. The molecule has 0 aliphatic carbocycles. The molecule has 26 heavy (non-hydrogen) atoms. The Bertz CT molecular complexity index is 1020. The molecule has 2 aromatic heterocycles. The maximum Gasteiger partial charge on any atom is 0.240 e. The zero-order chi connectivity index (χ0) is 18.7. The van der Waals surface area contributed by atoms with Crippen LogP contribution in [0.3, 0.4) is 0 Å². The minimum Gasteiger partial charge on any atom is -0.362 e. The van der Waals surface area contributed by atoms with Gasteiger partial charge in [0.05, 0.1) is 11.4 Å². The number of aryl methyl sites for hydroxylation is 1. The molecular weight excluding hydrogens is 370 g/mol. The largest absolute Gasteiger partial charge is 0.362 e. The van der Waals surface area contributed by atoms with Crippen LogP contribution in [-0.2, 0) is 16.6 Å². The maximum absolute atomic E-state index is 12.6. The quantitative estimate of drug-likeness (QED) is 0.697. The lowest BCUT2D eigenvalue weighted by atomic mass is 10.1. The predicted molar refractivity (Wildman–Crippen MR) is 103 cm³/mol. The molecule has 7 nitrogen and oxygen atoms in total. The number of pyridine rings is 1. The molecule has 3 aromatic rings. The molecule has 0 saturated heterocycles. The lowest BCUT2D eigenvalue weighted by Crippen LogP contribution is -2.23. The fraction of sp³-hybridized carbons (Fsp3) is 0.235. The first-order chi connectivity index (χ1) is 12.4. The molecule has 0 bridgehead atoms. The number of anilines is 1. The van der Waals surface area contributed by atoms with Crippen LogP contribution in [0.25, 0.3) is 11.1 Å². The summed E-state index contributed by atoms with van der Waals surface area (Å²) in [5.74, 6) is 0.777. The normalized spacial score (nSPS) is 11.5. The topological polar surface area (TPSA) is 88.1 Å². The fourth-order valence-electron chi connectivity index (χ4n) is 2.46. The molecular formula is C17H19N5O2S2. The van der Waals surface area contributed by atoms with Gasteiger partial charge in [0.1, 0.15) is 15.8 Å². The molecule has 0 saturated carbocycles. The van der Waals surface area contributed by atoms with E-state index in [4.69, 9.17) is 0 Å². The lowest BCUT2D eigenvalue weighted by molar-refractivity contribution is 0.581. The van der Waals surface area contributed by atoms with Gasteiger partial charge in [-0.2, -0.15) is 0 Å². The minimum absolute atomic E-state index is 0.119. The Morgan fingerprint density at radius 3 is 2.65 bits per heavy atom. The third-order valence-corrected chi connectivity index (χ3v) is 5.88. The second kappa shape index (κ2) is 7.48. The highest BCUT2D eigenvalue weighted by Gasteiger charge is 2.17. The highest BCUT2D eigenvalue weighted by Crippen LogP contribution is 2.29. The summed E-state index contributed by atoms with van der Waals surface area (Å²) in [4.78, 5) is 6.47. The van der Waals surface area contributed by atoms with E-state index in [1.807, 2.05) is 44.1 Å². The minimum atomic E-state index is -3.66. The van der Waals surface area contributed by atoms with Crippen molar-refractivity contribution in [3.05, 3.63) is 52.6 Å². The average molecular weight is 390 g/mol. The maximum atomic E-state index is 12.6. The van der Waals surface area contributed by atoms with Gasteiger partial charge in [0, 0.05) is 25.9 Å². The van der Waals surface area contributed by atoms with Crippen molar-refractivity contribution >= 4 is 27.2 Å². The van der Waals surface area contributed by atoms with Crippen LogP contribution in [-0.4, -0.2) is 37.7 Å². The van der Waals surface area contributed by atoms with Crippen LogP contribution in [0, 0.1) is 6.92 Å². The Balaban J connectivity index is 1.89. The molecule has 0 atom stereocenters. The average Bonchev–Trinajstić information content (AvgIpc) is 3.05. The summed E-state index contributed by atoms with van der Waals surface area (Å²) in [6.07, 6.45) is 1.71. The molecule has 0 aliphatic rings. The first-order valence-corrected chi connectivity index (χ1v) is 10.2. The van der Waals surface area contributed by atoms with Crippen LogP contribution in [0.15, 0.2) is 47.5 Å². The number of aromatic nitrogens is 3. The molecule has 0 aliphatic heterocycles. The molecule has 136 valence electrons. The summed E-state index contributed by atoms with van der Waals surface area (Å²) in [5, 5.41) is 9.26. The van der Waals surface area contributed by atoms with Crippen molar-refractivity contribution in [3.8, 4) is 11.1 Å². The van der Waals surface area contributed by atoms with E-state index in [0.717, 1.165) is 22.0 Å². The van der Waals surface area contributed by atoms with Crippen molar-refractivity contribution in [1.82, 2.24) is 19.9 Å². The van der Waals surface area contributed by atoms with Crippen LogP contribution < -0.4 is 9.62 Å². The Hall–Kier alpha value is -2.36. The van der Waals surface area contributed by atoms with Crippen LogP contribution in [0.4, 0.5) is 5.82 Å². The van der Waals surface area contributed by atoms with E-state index in [1.165, 1.54) is 11.3 Å².